The Balaban J connectivity index is 1.65. The van der Waals surface area contributed by atoms with Crippen molar-refractivity contribution in [3.63, 3.8) is 0 Å². The number of carbonyl (C=O) groups is 2. The minimum absolute atomic E-state index is 0.0523. The van der Waals surface area contributed by atoms with Gasteiger partial charge in [0.25, 0.3) is 0 Å². The van der Waals surface area contributed by atoms with E-state index in [9.17, 15) is 9.59 Å². The van der Waals surface area contributed by atoms with Gasteiger partial charge in [0.2, 0.25) is 0 Å². The van der Waals surface area contributed by atoms with Crippen molar-refractivity contribution < 1.29 is 9.59 Å². The zero-order valence-electron chi connectivity index (χ0n) is 15.6. The van der Waals surface area contributed by atoms with E-state index in [0.717, 1.165) is 32.7 Å². The van der Waals surface area contributed by atoms with Gasteiger partial charge in [-0.1, -0.05) is 48.5 Å². The van der Waals surface area contributed by atoms with Crippen molar-refractivity contribution in [2.24, 2.45) is 0 Å². The second kappa shape index (κ2) is 5.86. The van der Waals surface area contributed by atoms with E-state index in [1.807, 2.05) is 60.7 Å². The van der Waals surface area contributed by atoms with Crippen molar-refractivity contribution in [2.75, 3.05) is 0 Å². The van der Waals surface area contributed by atoms with E-state index in [1.54, 1.807) is 0 Å². The lowest BCUT2D eigenvalue weighted by atomic mass is 9.92. The first-order valence-electron chi connectivity index (χ1n) is 9.73. The zero-order chi connectivity index (χ0) is 19.5. The van der Waals surface area contributed by atoms with Crippen LogP contribution >= 0.6 is 0 Å². The molecule has 0 saturated carbocycles. The van der Waals surface area contributed by atoms with Gasteiger partial charge in [-0.25, -0.2) is 0 Å². The molecule has 0 aromatic heterocycles. The maximum atomic E-state index is 13.4. The molecule has 6 rings (SSSR count). The molecular formula is C27H16O2. The van der Waals surface area contributed by atoms with Crippen LogP contribution < -0.4 is 0 Å². The van der Waals surface area contributed by atoms with E-state index in [-0.39, 0.29) is 11.6 Å². The van der Waals surface area contributed by atoms with Gasteiger partial charge in [-0.05, 0) is 69.1 Å². The SMILES string of the molecule is O=C1C2=Cc3ccccc3C=C(C2)C(=O)c2cc3cc4ccccc4cc3cc21. The number of hydrogen-bond acceptors (Lipinski definition) is 2. The highest BCUT2D eigenvalue weighted by Crippen LogP contribution is 2.36. The molecule has 0 unspecified atom stereocenters. The Labute approximate surface area is 167 Å². The number of carbonyl (C=O) groups excluding carboxylic acids is 2. The van der Waals surface area contributed by atoms with Gasteiger partial charge in [-0.15, -0.1) is 0 Å². The highest BCUT2D eigenvalue weighted by Gasteiger charge is 2.30. The molecule has 0 aliphatic heterocycles. The second-order valence-corrected chi connectivity index (χ2v) is 7.75. The number of benzene rings is 4. The number of allylic oxidation sites excluding steroid dienone is 2. The molecule has 0 fully saturated rings. The summed E-state index contributed by atoms with van der Waals surface area (Å²) in [5.41, 5.74) is 4.32. The molecule has 2 aliphatic carbocycles. The largest absolute Gasteiger partial charge is 0.289 e. The van der Waals surface area contributed by atoms with Crippen LogP contribution in [-0.2, 0) is 0 Å². The number of Topliss-reactive ketones (excluding diaryl/α,β-unsaturated/α-hetero) is 2. The Morgan fingerprint density at radius 2 is 0.966 bits per heavy atom. The fourth-order valence-corrected chi connectivity index (χ4v) is 4.46. The molecule has 29 heavy (non-hydrogen) atoms. The fraction of sp³-hybridized carbons (Fsp3) is 0.0370. The van der Waals surface area contributed by atoms with Crippen molar-refractivity contribution in [1.29, 1.82) is 0 Å². The summed E-state index contributed by atoms with van der Waals surface area (Å²) in [4.78, 5) is 26.8. The van der Waals surface area contributed by atoms with Crippen molar-refractivity contribution in [3.8, 4) is 0 Å². The standard InChI is InChI=1S/C27H16O2/c28-26-22-11-18-7-3-4-8-19(18)12-23(13-22)27(29)25-15-21-10-17-6-2-1-5-16(17)9-20(21)14-24(25)26/h1-12,14-15H,13H2. The Hall–Kier alpha value is -3.78. The summed E-state index contributed by atoms with van der Waals surface area (Å²) in [6.45, 7) is 0. The molecule has 0 N–H and O–H groups in total. The minimum Gasteiger partial charge on any atom is -0.289 e. The van der Waals surface area contributed by atoms with Crippen molar-refractivity contribution in [3.05, 3.63) is 106 Å². The first-order valence-corrected chi connectivity index (χ1v) is 9.73. The molecule has 0 saturated heterocycles. The van der Waals surface area contributed by atoms with Crippen LogP contribution in [0.1, 0.15) is 38.3 Å². The van der Waals surface area contributed by atoms with E-state index < -0.39 is 0 Å². The lowest BCUT2D eigenvalue weighted by molar-refractivity contribution is 0.101. The first kappa shape index (κ1) is 16.2. The van der Waals surface area contributed by atoms with Crippen LogP contribution in [0.3, 0.4) is 0 Å². The molecule has 136 valence electrons. The number of rotatable bonds is 0. The monoisotopic (exact) mass is 372 g/mol. The third-order valence-corrected chi connectivity index (χ3v) is 5.95. The van der Waals surface area contributed by atoms with Gasteiger partial charge < -0.3 is 0 Å². The summed E-state index contributed by atoms with van der Waals surface area (Å²) in [6, 6.07) is 24.0. The van der Waals surface area contributed by atoms with Gasteiger partial charge in [0.05, 0.1) is 0 Å². The third kappa shape index (κ3) is 2.43. The summed E-state index contributed by atoms with van der Waals surface area (Å²) in [7, 11) is 0. The van der Waals surface area contributed by atoms with Crippen LogP contribution in [0.4, 0.5) is 0 Å². The number of hydrogen-bond donors (Lipinski definition) is 0. The minimum atomic E-state index is -0.0523. The number of ketones is 2. The fourth-order valence-electron chi connectivity index (χ4n) is 4.46. The molecule has 2 nitrogen and oxygen atoms in total. The number of fused-ring (bicyclic) bond motifs is 6. The summed E-state index contributed by atoms with van der Waals surface area (Å²) >= 11 is 0. The molecule has 0 radical (unpaired) electrons. The average molecular weight is 372 g/mol. The topological polar surface area (TPSA) is 34.1 Å². The molecule has 2 aliphatic rings. The Kier molecular flexibility index (Phi) is 3.27. The molecule has 0 heterocycles. The van der Waals surface area contributed by atoms with E-state index >= 15 is 0 Å². The van der Waals surface area contributed by atoms with Crippen molar-refractivity contribution in [1.82, 2.24) is 0 Å². The Morgan fingerprint density at radius 1 is 0.517 bits per heavy atom. The van der Waals surface area contributed by atoms with Gasteiger partial charge in [-0.3, -0.25) is 9.59 Å². The highest BCUT2D eigenvalue weighted by molar-refractivity contribution is 6.27. The smallest absolute Gasteiger partial charge is 0.190 e. The van der Waals surface area contributed by atoms with Crippen LogP contribution in [-0.4, -0.2) is 11.6 Å². The first-order chi connectivity index (χ1) is 14.2. The van der Waals surface area contributed by atoms with Crippen LogP contribution in [0, 0.1) is 0 Å². The maximum absolute atomic E-state index is 13.4. The van der Waals surface area contributed by atoms with E-state index in [0.29, 0.717) is 28.7 Å². The summed E-state index contributed by atoms with van der Waals surface area (Å²) in [5, 5.41) is 4.21. The van der Waals surface area contributed by atoms with Gasteiger partial charge >= 0.3 is 0 Å². The van der Waals surface area contributed by atoms with Crippen LogP contribution in [0.15, 0.2) is 83.9 Å². The van der Waals surface area contributed by atoms with Crippen LogP contribution in [0.25, 0.3) is 33.7 Å². The van der Waals surface area contributed by atoms with Gasteiger partial charge in [0.1, 0.15) is 0 Å². The predicted octanol–water partition coefficient (Wildman–Crippen LogP) is 6.24. The molecule has 2 bridgehead atoms. The second-order valence-electron chi connectivity index (χ2n) is 7.75. The normalized spacial score (nSPS) is 15.3. The molecule has 0 atom stereocenters. The van der Waals surface area contributed by atoms with E-state index in [4.69, 9.17) is 0 Å². The Bertz CT molecular complexity index is 1340. The van der Waals surface area contributed by atoms with Gasteiger partial charge in [0, 0.05) is 28.7 Å². The lowest BCUT2D eigenvalue weighted by Gasteiger charge is -2.10. The van der Waals surface area contributed by atoms with Crippen LogP contribution in [0.2, 0.25) is 0 Å². The molecule has 2 heteroatoms. The lowest BCUT2D eigenvalue weighted by Crippen LogP contribution is -2.07. The van der Waals surface area contributed by atoms with Crippen LogP contribution in [0.5, 0.6) is 0 Å². The summed E-state index contributed by atoms with van der Waals surface area (Å²) in [5.74, 6) is -0.105. The molecule has 0 amide bonds. The van der Waals surface area contributed by atoms with E-state index in [2.05, 4.69) is 24.3 Å². The average Bonchev–Trinajstić information content (AvgIpc) is 2.99. The third-order valence-electron chi connectivity index (χ3n) is 5.95. The summed E-state index contributed by atoms with van der Waals surface area (Å²) in [6.07, 6.45) is 4.25. The van der Waals surface area contributed by atoms with Gasteiger partial charge in [0.15, 0.2) is 11.6 Å². The predicted molar refractivity (Wildman–Crippen MR) is 117 cm³/mol. The zero-order valence-corrected chi connectivity index (χ0v) is 15.6. The maximum Gasteiger partial charge on any atom is 0.190 e. The Morgan fingerprint density at radius 3 is 1.45 bits per heavy atom. The molecular weight excluding hydrogens is 356 g/mol. The quantitative estimate of drug-likeness (QED) is 0.342. The van der Waals surface area contributed by atoms with Crippen molar-refractivity contribution in [2.45, 2.75) is 6.42 Å². The summed E-state index contributed by atoms with van der Waals surface area (Å²) < 4.78 is 0. The molecule has 4 aromatic rings. The molecule has 0 spiro atoms. The van der Waals surface area contributed by atoms with E-state index in [1.165, 1.54) is 0 Å². The highest BCUT2D eigenvalue weighted by atomic mass is 16.1. The van der Waals surface area contributed by atoms with Gasteiger partial charge in [-0.2, -0.15) is 0 Å². The molecule has 4 aromatic carbocycles. The van der Waals surface area contributed by atoms with Crippen molar-refractivity contribution >= 4 is 45.3 Å².